The Morgan fingerprint density at radius 2 is 2.17 bits per heavy atom. The van der Waals surface area contributed by atoms with Gasteiger partial charge in [-0.2, -0.15) is 0 Å². The highest BCUT2D eigenvalue weighted by Crippen LogP contribution is 2.42. The molecule has 30 heavy (non-hydrogen) atoms. The van der Waals surface area contributed by atoms with Crippen molar-refractivity contribution in [3.8, 4) is 5.75 Å². The van der Waals surface area contributed by atoms with Gasteiger partial charge in [0.05, 0.1) is 37.7 Å². The zero-order valence-electron chi connectivity index (χ0n) is 16.3. The van der Waals surface area contributed by atoms with Crippen molar-refractivity contribution in [2.75, 3.05) is 25.2 Å². The van der Waals surface area contributed by atoms with Gasteiger partial charge >= 0.3 is 0 Å². The molecular formula is C21H21Cl2N3O3S. The topological polar surface area (TPSA) is 71.5 Å². The van der Waals surface area contributed by atoms with Crippen molar-refractivity contribution in [2.45, 2.75) is 23.3 Å². The predicted molar refractivity (Wildman–Crippen MR) is 119 cm³/mol. The van der Waals surface area contributed by atoms with Gasteiger partial charge in [-0.1, -0.05) is 29.3 Å². The lowest BCUT2D eigenvalue weighted by atomic mass is 10.1. The van der Waals surface area contributed by atoms with E-state index in [9.17, 15) is 0 Å². The first-order valence-corrected chi connectivity index (χ1v) is 11.0. The molecule has 2 N–H and O–H groups in total. The van der Waals surface area contributed by atoms with E-state index in [1.54, 1.807) is 43.5 Å². The number of benzene rings is 2. The molecular weight excluding hydrogens is 445 g/mol. The summed E-state index contributed by atoms with van der Waals surface area (Å²) in [5, 5.41) is 1.05. The van der Waals surface area contributed by atoms with E-state index in [4.69, 9.17) is 43.1 Å². The lowest BCUT2D eigenvalue weighted by Gasteiger charge is -2.30. The molecule has 0 bridgehead atoms. The minimum absolute atomic E-state index is 0.146. The zero-order valence-corrected chi connectivity index (χ0v) is 18.6. The van der Waals surface area contributed by atoms with Crippen LogP contribution in [-0.4, -0.2) is 35.1 Å². The van der Waals surface area contributed by atoms with Gasteiger partial charge in [0, 0.05) is 45.4 Å². The van der Waals surface area contributed by atoms with E-state index in [0.717, 1.165) is 16.2 Å². The summed E-state index contributed by atoms with van der Waals surface area (Å²) in [4.78, 5) is 5.11. The molecule has 2 aromatic carbocycles. The van der Waals surface area contributed by atoms with Crippen molar-refractivity contribution in [1.82, 2.24) is 9.55 Å². The quantitative estimate of drug-likeness (QED) is 0.397. The maximum Gasteiger partial charge on any atom is 0.215 e. The average molecular weight is 466 g/mol. The largest absolute Gasteiger partial charge is 0.496 e. The highest BCUT2D eigenvalue weighted by molar-refractivity contribution is 7.99. The van der Waals surface area contributed by atoms with Crippen molar-refractivity contribution in [2.24, 2.45) is 0 Å². The van der Waals surface area contributed by atoms with Gasteiger partial charge in [-0.05, 0) is 24.3 Å². The Balaban J connectivity index is 1.54. The number of imidazole rings is 1. The fourth-order valence-corrected chi connectivity index (χ4v) is 4.89. The summed E-state index contributed by atoms with van der Waals surface area (Å²) in [6, 6.07) is 10.9. The molecule has 1 aromatic heterocycles. The number of nitrogen functional groups attached to an aromatic ring is 1. The van der Waals surface area contributed by atoms with Gasteiger partial charge in [0.2, 0.25) is 5.79 Å². The van der Waals surface area contributed by atoms with Crippen LogP contribution in [-0.2, 0) is 21.8 Å². The second-order valence-corrected chi connectivity index (χ2v) is 8.79. The Morgan fingerprint density at radius 3 is 2.90 bits per heavy atom. The number of rotatable bonds is 7. The predicted octanol–water partition coefficient (Wildman–Crippen LogP) is 4.84. The second-order valence-electron chi connectivity index (χ2n) is 6.88. The van der Waals surface area contributed by atoms with Gasteiger partial charge in [-0.3, -0.25) is 0 Å². The van der Waals surface area contributed by atoms with Gasteiger partial charge in [-0.15, -0.1) is 11.8 Å². The molecule has 0 aliphatic carbocycles. The van der Waals surface area contributed by atoms with E-state index in [1.165, 1.54) is 0 Å². The fraction of sp³-hybridized carbons (Fsp3) is 0.286. The summed E-state index contributed by atoms with van der Waals surface area (Å²) in [7, 11) is 1.63. The van der Waals surface area contributed by atoms with Crippen molar-refractivity contribution >= 4 is 40.7 Å². The Bertz CT molecular complexity index is 1020. The van der Waals surface area contributed by atoms with E-state index in [1.807, 2.05) is 35.0 Å². The SMILES string of the molecule is COc1cc(N)ccc1SC[C@@H]1CO[C@@](Cn2ccnc2)(c2ccc(Cl)cc2Cl)O1. The number of ether oxygens (including phenoxy) is 3. The minimum Gasteiger partial charge on any atom is -0.496 e. The maximum absolute atomic E-state index is 6.51. The van der Waals surface area contributed by atoms with E-state index in [-0.39, 0.29) is 6.10 Å². The third kappa shape index (κ3) is 4.55. The lowest BCUT2D eigenvalue weighted by molar-refractivity contribution is -0.184. The molecule has 3 aromatic rings. The van der Waals surface area contributed by atoms with Gasteiger partial charge in [0.15, 0.2) is 0 Å². The van der Waals surface area contributed by atoms with Crippen LogP contribution in [0.3, 0.4) is 0 Å². The molecule has 4 rings (SSSR count). The molecule has 9 heteroatoms. The molecule has 1 aliphatic rings. The number of thioether (sulfide) groups is 1. The van der Waals surface area contributed by atoms with Crippen molar-refractivity contribution in [3.05, 3.63) is 70.7 Å². The second kappa shape index (κ2) is 9.08. The summed E-state index contributed by atoms with van der Waals surface area (Å²) >= 11 is 14.2. The molecule has 0 saturated carbocycles. The summed E-state index contributed by atoms with van der Waals surface area (Å²) in [5.41, 5.74) is 7.24. The van der Waals surface area contributed by atoms with Crippen LogP contribution in [0.2, 0.25) is 10.0 Å². The molecule has 2 atom stereocenters. The third-order valence-electron chi connectivity index (χ3n) is 4.76. The highest BCUT2D eigenvalue weighted by Gasteiger charge is 2.45. The summed E-state index contributed by atoms with van der Waals surface area (Å²) in [5.74, 6) is 0.389. The standard InChI is InChI=1S/C21H21Cl2N3O3S/c1-27-19-9-15(24)3-5-20(19)30-11-16-10-28-21(29-16,12-26-7-6-25-13-26)17-4-2-14(22)8-18(17)23/h2-9,13,16H,10-12,24H2,1H3/t16-,21+/m0/s1. The Morgan fingerprint density at radius 1 is 1.30 bits per heavy atom. The van der Waals surface area contributed by atoms with E-state index < -0.39 is 5.79 Å². The molecule has 0 radical (unpaired) electrons. The smallest absolute Gasteiger partial charge is 0.215 e. The molecule has 2 heterocycles. The van der Waals surface area contributed by atoms with Crippen LogP contribution in [0.1, 0.15) is 5.56 Å². The monoisotopic (exact) mass is 465 g/mol. The average Bonchev–Trinajstić information content (AvgIpc) is 3.37. The molecule has 1 fully saturated rings. The van der Waals surface area contributed by atoms with Gasteiger partial charge < -0.3 is 24.5 Å². The van der Waals surface area contributed by atoms with Crippen LogP contribution in [0.4, 0.5) is 5.69 Å². The number of anilines is 1. The number of methoxy groups -OCH3 is 1. The normalized spacial score (nSPS) is 21.1. The number of hydrogen-bond acceptors (Lipinski definition) is 6. The van der Waals surface area contributed by atoms with Crippen molar-refractivity contribution < 1.29 is 14.2 Å². The lowest BCUT2D eigenvalue weighted by Crippen LogP contribution is -2.34. The molecule has 0 spiro atoms. The molecule has 158 valence electrons. The third-order valence-corrected chi connectivity index (χ3v) is 6.50. The number of nitrogens with two attached hydrogens (primary N) is 1. The van der Waals surface area contributed by atoms with E-state index in [0.29, 0.717) is 34.6 Å². The zero-order chi connectivity index (χ0) is 21.1. The van der Waals surface area contributed by atoms with Gasteiger partial charge in [0.25, 0.3) is 0 Å². The number of halogens is 2. The fourth-order valence-electron chi connectivity index (χ4n) is 3.36. The van der Waals surface area contributed by atoms with Gasteiger partial charge in [0.1, 0.15) is 5.75 Å². The summed E-state index contributed by atoms with van der Waals surface area (Å²) in [6.07, 6.45) is 5.15. The Kier molecular flexibility index (Phi) is 6.46. The van der Waals surface area contributed by atoms with Crippen molar-refractivity contribution in [1.29, 1.82) is 0 Å². The molecule has 1 aliphatic heterocycles. The van der Waals surface area contributed by atoms with Crippen LogP contribution in [0.25, 0.3) is 0 Å². The first-order valence-electron chi connectivity index (χ1n) is 9.28. The summed E-state index contributed by atoms with van der Waals surface area (Å²) in [6.45, 7) is 0.846. The first-order chi connectivity index (χ1) is 14.5. The first kappa shape index (κ1) is 21.3. The van der Waals surface area contributed by atoms with Crippen LogP contribution in [0.5, 0.6) is 5.75 Å². The summed E-state index contributed by atoms with van der Waals surface area (Å²) < 4.78 is 20.0. The number of nitrogens with zero attached hydrogens (tertiary/aromatic N) is 2. The maximum atomic E-state index is 6.51. The molecule has 6 nitrogen and oxygen atoms in total. The number of aromatic nitrogens is 2. The van der Waals surface area contributed by atoms with Crippen LogP contribution >= 0.6 is 35.0 Å². The minimum atomic E-state index is -1.03. The Hall–Kier alpha value is -1.90. The Labute approximate surface area is 189 Å². The van der Waals surface area contributed by atoms with Gasteiger partial charge in [-0.25, -0.2) is 4.98 Å². The van der Waals surface area contributed by atoms with E-state index >= 15 is 0 Å². The molecule has 1 saturated heterocycles. The molecule has 0 amide bonds. The van der Waals surface area contributed by atoms with Crippen molar-refractivity contribution in [3.63, 3.8) is 0 Å². The van der Waals surface area contributed by atoms with Crippen LogP contribution in [0, 0.1) is 0 Å². The molecule has 0 unspecified atom stereocenters. The van der Waals surface area contributed by atoms with E-state index in [2.05, 4.69) is 4.98 Å². The van der Waals surface area contributed by atoms with Crippen LogP contribution < -0.4 is 10.5 Å². The highest BCUT2D eigenvalue weighted by atomic mass is 35.5. The number of hydrogen-bond donors (Lipinski definition) is 1. The van der Waals surface area contributed by atoms with Crippen LogP contribution in [0.15, 0.2) is 60.0 Å².